The summed E-state index contributed by atoms with van der Waals surface area (Å²) >= 11 is 0. The predicted molar refractivity (Wildman–Crippen MR) is 142 cm³/mol. The largest absolute Gasteiger partial charge is 0.486 e. The zero-order valence-corrected chi connectivity index (χ0v) is 22.1. The SMILES string of the molecule is CC(C)(Oc1ccc2c(c1)CCn1c-2cc(OCC2COc3ccccc3O2)nc1=O)C(=O)N1CCOCC1. The molecular formula is C29H31N3O7. The maximum atomic E-state index is 13.1. The lowest BCUT2D eigenvalue weighted by molar-refractivity contribution is -0.149. The molecule has 0 radical (unpaired) electrons. The Kier molecular flexibility index (Phi) is 6.64. The highest BCUT2D eigenvalue weighted by Crippen LogP contribution is 2.34. The smallest absolute Gasteiger partial charge is 0.351 e. The fourth-order valence-electron chi connectivity index (χ4n) is 5.13. The van der Waals surface area contributed by atoms with Crippen LogP contribution in [0.4, 0.5) is 0 Å². The first-order valence-corrected chi connectivity index (χ1v) is 13.2. The Labute approximate surface area is 226 Å². The van der Waals surface area contributed by atoms with Gasteiger partial charge in [0, 0.05) is 31.3 Å². The first-order chi connectivity index (χ1) is 18.9. The number of nitrogens with zero attached hydrogens (tertiary/aromatic N) is 3. The third kappa shape index (κ3) is 5.16. The van der Waals surface area contributed by atoms with E-state index in [4.69, 9.17) is 23.7 Å². The van der Waals surface area contributed by atoms with Gasteiger partial charge >= 0.3 is 5.69 Å². The average Bonchev–Trinajstić information content (AvgIpc) is 2.95. The van der Waals surface area contributed by atoms with Crippen LogP contribution >= 0.6 is 0 Å². The zero-order chi connectivity index (χ0) is 27.0. The maximum Gasteiger partial charge on any atom is 0.351 e. The molecule has 1 unspecified atom stereocenters. The molecule has 0 spiro atoms. The molecule has 0 bridgehead atoms. The second-order valence-corrected chi connectivity index (χ2v) is 10.3. The van der Waals surface area contributed by atoms with Crippen LogP contribution in [0.5, 0.6) is 23.1 Å². The Morgan fingerprint density at radius 1 is 1.08 bits per heavy atom. The predicted octanol–water partition coefficient (Wildman–Crippen LogP) is 2.70. The number of amides is 1. The van der Waals surface area contributed by atoms with Crippen LogP contribution in [-0.4, -0.2) is 71.6 Å². The Hall–Kier alpha value is -4.05. The van der Waals surface area contributed by atoms with Gasteiger partial charge in [-0.2, -0.15) is 4.98 Å². The second-order valence-electron chi connectivity index (χ2n) is 10.3. The molecule has 0 saturated carbocycles. The molecular weight excluding hydrogens is 502 g/mol. The van der Waals surface area contributed by atoms with Crippen LogP contribution < -0.4 is 24.6 Å². The normalized spacial score (nSPS) is 18.1. The van der Waals surface area contributed by atoms with Gasteiger partial charge in [0.1, 0.15) is 19.0 Å². The number of ether oxygens (including phenoxy) is 5. The van der Waals surface area contributed by atoms with Crippen molar-refractivity contribution >= 4 is 5.91 Å². The Balaban J connectivity index is 1.17. The molecule has 1 amide bonds. The summed E-state index contributed by atoms with van der Waals surface area (Å²) in [6.07, 6.45) is 0.322. The number of carbonyl (C=O) groups excluding carboxylic acids is 1. The number of rotatable bonds is 6. The van der Waals surface area contributed by atoms with Crippen molar-refractivity contribution in [2.75, 3.05) is 39.5 Å². The molecule has 1 saturated heterocycles. The van der Waals surface area contributed by atoms with Crippen LogP contribution in [0.25, 0.3) is 11.3 Å². The van der Waals surface area contributed by atoms with Crippen molar-refractivity contribution in [3.05, 3.63) is 64.6 Å². The van der Waals surface area contributed by atoms with Crippen LogP contribution in [0, 0.1) is 0 Å². The monoisotopic (exact) mass is 533 g/mol. The minimum absolute atomic E-state index is 0.0656. The van der Waals surface area contributed by atoms with E-state index in [0.29, 0.717) is 63.1 Å². The topological polar surface area (TPSA) is 101 Å². The molecule has 1 atom stereocenters. The molecule has 1 fully saturated rings. The summed E-state index contributed by atoms with van der Waals surface area (Å²) in [6.45, 7) is 6.80. The fourth-order valence-corrected chi connectivity index (χ4v) is 5.13. The van der Waals surface area contributed by atoms with Gasteiger partial charge in [-0.05, 0) is 56.2 Å². The van der Waals surface area contributed by atoms with Gasteiger partial charge in [0.25, 0.3) is 5.91 Å². The number of aromatic nitrogens is 2. The van der Waals surface area contributed by atoms with E-state index in [0.717, 1.165) is 16.8 Å². The molecule has 204 valence electrons. The number of fused-ring (bicyclic) bond motifs is 4. The van der Waals surface area contributed by atoms with E-state index in [1.165, 1.54) is 0 Å². The summed E-state index contributed by atoms with van der Waals surface area (Å²) in [7, 11) is 0. The zero-order valence-electron chi connectivity index (χ0n) is 22.1. The third-order valence-electron chi connectivity index (χ3n) is 7.12. The first-order valence-electron chi connectivity index (χ1n) is 13.2. The summed E-state index contributed by atoms with van der Waals surface area (Å²) in [6, 6.07) is 15.0. The number of carbonyl (C=O) groups is 1. The minimum atomic E-state index is -1.02. The molecule has 3 aromatic rings. The molecule has 10 nitrogen and oxygen atoms in total. The van der Waals surface area contributed by atoms with Gasteiger partial charge in [-0.1, -0.05) is 12.1 Å². The van der Waals surface area contributed by atoms with Gasteiger partial charge in [0.15, 0.2) is 23.2 Å². The van der Waals surface area contributed by atoms with Gasteiger partial charge in [-0.3, -0.25) is 9.36 Å². The minimum Gasteiger partial charge on any atom is -0.486 e. The Morgan fingerprint density at radius 3 is 2.69 bits per heavy atom. The molecule has 6 rings (SSSR count). The maximum absolute atomic E-state index is 13.1. The molecule has 4 heterocycles. The van der Waals surface area contributed by atoms with Gasteiger partial charge in [-0.15, -0.1) is 0 Å². The molecule has 39 heavy (non-hydrogen) atoms. The molecule has 2 aromatic carbocycles. The lowest BCUT2D eigenvalue weighted by Gasteiger charge is -2.34. The number of hydrogen-bond acceptors (Lipinski definition) is 8. The third-order valence-corrected chi connectivity index (χ3v) is 7.12. The molecule has 0 aliphatic carbocycles. The van der Waals surface area contributed by atoms with Crippen LogP contribution in [0.1, 0.15) is 19.4 Å². The molecule has 0 N–H and O–H groups in total. The molecule has 3 aliphatic rings. The van der Waals surface area contributed by atoms with Crippen molar-refractivity contribution in [2.24, 2.45) is 0 Å². The lowest BCUT2D eigenvalue weighted by atomic mass is 9.97. The summed E-state index contributed by atoms with van der Waals surface area (Å²) in [4.78, 5) is 31.8. The highest BCUT2D eigenvalue weighted by Gasteiger charge is 2.35. The van der Waals surface area contributed by atoms with E-state index in [1.807, 2.05) is 42.5 Å². The van der Waals surface area contributed by atoms with Crippen molar-refractivity contribution in [1.82, 2.24) is 14.5 Å². The standard InChI is InChI=1S/C29H31N3O7/c1-29(2,27(33)31-11-13-35-14-12-31)39-20-7-8-22-19(15-20)9-10-32-23(22)16-26(30-28(32)34)37-18-21-17-36-24-5-3-4-6-25(24)38-21/h3-8,15-16,21H,9-14,17-18H2,1-2H3. The number of para-hydroxylation sites is 2. The Bertz CT molecular complexity index is 1450. The van der Waals surface area contributed by atoms with Crippen LogP contribution in [0.2, 0.25) is 0 Å². The van der Waals surface area contributed by atoms with Crippen LogP contribution in [-0.2, 0) is 22.5 Å². The lowest BCUT2D eigenvalue weighted by Crippen LogP contribution is -2.52. The van der Waals surface area contributed by atoms with Crippen LogP contribution in [0.15, 0.2) is 53.3 Å². The van der Waals surface area contributed by atoms with Crippen molar-refractivity contribution in [3.8, 4) is 34.4 Å². The van der Waals surface area contributed by atoms with Gasteiger partial charge in [0.2, 0.25) is 5.88 Å². The van der Waals surface area contributed by atoms with Gasteiger partial charge in [-0.25, -0.2) is 4.79 Å². The fraction of sp³-hybridized carbons (Fsp3) is 0.414. The summed E-state index contributed by atoms with van der Waals surface area (Å²) in [5.74, 6) is 2.14. The summed E-state index contributed by atoms with van der Waals surface area (Å²) in [5.41, 5.74) is 1.27. The van der Waals surface area contributed by atoms with E-state index in [1.54, 1.807) is 29.4 Å². The second kappa shape index (κ2) is 10.3. The summed E-state index contributed by atoms with van der Waals surface area (Å²) < 4.78 is 30.8. The summed E-state index contributed by atoms with van der Waals surface area (Å²) in [5, 5.41) is 0. The number of aryl methyl sites for hydroxylation is 1. The van der Waals surface area contributed by atoms with E-state index in [2.05, 4.69) is 4.98 Å². The molecule has 1 aromatic heterocycles. The quantitative estimate of drug-likeness (QED) is 0.477. The molecule has 3 aliphatic heterocycles. The van der Waals surface area contributed by atoms with E-state index < -0.39 is 5.60 Å². The van der Waals surface area contributed by atoms with Crippen molar-refractivity contribution in [3.63, 3.8) is 0 Å². The highest BCUT2D eigenvalue weighted by molar-refractivity contribution is 5.85. The van der Waals surface area contributed by atoms with Crippen molar-refractivity contribution in [1.29, 1.82) is 0 Å². The van der Waals surface area contributed by atoms with Gasteiger partial charge in [0.05, 0.1) is 18.9 Å². The van der Waals surface area contributed by atoms with E-state index in [9.17, 15) is 9.59 Å². The van der Waals surface area contributed by atoms with Crippen molar-refractivity contribution in [2.45, 2.75) is 38.5 Å². The average molecular weight is 534 g/mol. The van der Waals surface area contributed by atoms with Gasteiger partial charge < -0.3 is 28.6 Å². The Morgan fingerprint density at radius 2 is 1.87 bits per heavy atom. The number of hydrogen-bond donors (Lipinski definition) is 0. The highest BCUT2D eigenvalue weighted by atomic mass is 16.6. The first kappa shape index (κ1) is 25.2. The van der Waals surface area contributed by atoms with Crippen molar-refractivity contribution < 1.29 is 28.5 Å². The number of morpholine rings is 1. The van der Waals surface area contributed by atoms with E-state index in [-0.39, 0.29) is 30.2 Å². The van der Waals surface area contributed by atoms with E-state index >= 15 is 0 Å². The molecule has 10 heteroatoms. The number of benzene rings is 2. The van der Waals surface area contributed by atoms with Crippen LogP contribution in [0.3, 0.4) is 0 Å².